The van der Waals surface area contributed by atoms with Crippen molar-refractivity contribution in [3.05, 3.63) is 59.9 Å². The van der Waals surface area contributed by atoms with Crippen molar-refractivity contribution < 1.29 is 13.9 Å². The minimum absolute atomic E-state index is 0. The maximum absolute atomic E-state index is 12.9. The highest BCUT2D eigenvalue weighted by Crippen LogP contribution is 2.13. The van der Waals surface area contributed by atoms with E-state index in [1.54, 1.807) is 7.11 Å². The van der Waals surface area contributed by atoms with Crippen LogP contribution in [-0.2, 0) is 11.3 Å². The fourth-order valence-electron chi connectivity index (χ4n) is 2.19. The van der Waals surface area contributed by atoms with Crippen molar-refractivity contribution in [1.82, 2.24) is 10.6 Å². The molecule has 0 saturated carbocycles. The molecule has 0 fully saturated rings. The summed E-state index contributed by atoms with van der Waals surface area (Å²) >= 11 is 0. The van der Waals surface area contributed by atoms with Gasteiger partial charge in [-0.2, -0.15) is 0 Å². The Morgan fingerprint density at radius 2 is 1.89 bits per heavy atom. The number of guanidine groups is 1. The van der Waals surface area contributed by atoms with Crippen molar-refractivity contribution in [1.29, 1.82) is 0 Å². The van der Waals surface area contributed by atoms with E-state index in [9.17, 15) is 9.18 Å². The highest BCUT2D eigenvalue weighted by molar-refractivity contribution is 14.0. The second kappa shape index (κ2) is 12.1. The van der Waals surface area contributed by atoms with Crippen LogP contribution < -0.4 is 20.7 Å². The minimum Gasteiger partial charge on any atom is -0.497 e. The molecule has 0 radical (unpaired) electrons. The SMILES string of the molecule is CCNC(=NCc1cccc(OC)c1)NCC(=O)Nc1ccc(F)cc1.I. The Kier molecular flexibility index (Phi) is 10.2. The van der Waals surface area contributed by atoms with E-state index in [2.05, 4.69) is 20.9 Å². The standard InChI is InChI=1S/C19H23FN4O2.HI/c1-3-21-19(22-12-14-5-4-6-17(11-14)26-2)23-13-18(25)24-16-9-7-15(20)8-10-16;/h4-11H,3,12-13H2,1-2H3,(H,24,25)(H2,21,22,23);1H. The summed E-state index contributed by atoms with van der Waals surface area (Å²) in [5.41, 5.74) is 1.54. The first-order chi connectivity index (χ1) is 12.6. The maximum atomic E-state index is 12.9. The molecule has 2 aromatic carbocycles. The predicted octanol–water partition coefficient (Wildman–Crippen LogP) is 3.15. The lowest BCUT2D eigenvalue weighted by atomic mass is 10.2. The number of nitrogens with one attached hydrogen (secondary N) is 3. The first-order valence-corrected chi connectivity index (χ1v) is 8.31. The third-order valence-corrected chi connectivity index (χ3v) is 3.44. The molecule has 0 aliphatic carbocycles. The summed E-state index contributed by atoms with van der Waals surface area (Å²) in [6, 6.07) is 13.2. The van der Waals surface area contributed by atoms with Gasteiger partial charge in [0, 0.05) is 12.2 Å². The average molecular weight is 486 g/mol. The molecule has 0 atom stereocenters. The van der Waals surface area contributed by atoms with E-state index in [0.29, 0.717) is 24.7 Å². The first-order valence-electron chi connectivity index (χ1n) is 8.31. The van der Waals surface area contributed by atoms with Gasteiger partial charge in [-0.1, -0.05) is 12.1 Å². The van der Waals surface area contributed by atoms with Crippen LogP contribution in [0, 0.1) is 5.82 Å². The number of hydrogen-bond donors (Lipinski definition) is 3. The van der Waals surface area contributed by atoms with Crippen LogP contribution in [0.1, 0.15) is 12.5 Å². The number of anilines is 1. The minimum atomic E-state index is -0.347. The van der Waals surface area contributed by atoms with Crippen molar-refractivity contribution in [2.75, 3.05) is 25.5 Å². The van der Waals surface area contributed by atoms with Gasteiger partial charge in [0.2, 0.25) is 5.91 Å². The number of benzene rings is 2. The molecule has 0 aliphatic heterocycles. The largest absolute Gasteiger partial charge is 0.497 e. The molecule has 146 valence electrons. The van der Waals surface area contributed by atoms with E-state index >= 15 is 0 Å². The van der Waals surface area contributed by atoms with Gasteiger partial charge in [0.1, 0.15) is 11.6 Å². The lowest BCUT2D eigenvalue weighted by molar-refractivity contribution is -0.115. The molecule has 1 amide bonds. The molecular weight excluding hydrogens is 462 g/mol. The molecule has 0 unspecified atom stereocenters. The molecule has 2 aromatic rings. The summed E-state index contributed by atoms with van der Waals surface area (Å²) in [5, 5.41) is 8.75. The highest BCUT2D eigenvalue weighted by atomic mass is 127. The predicted molar refractivity (Wildman–Crippen MR) is 116 cm³/mol. The first kappa shape index (κ1) is 22.7. The fourth-order valence-corrected chi connectivity index (χ4v) is 2.19. The van der Waals surface area contributed by atoms with Gasteiger partial charge in [0.25, 0.3) is 0 Å². The lowest BCUT2D eigenvalue weighted by Gasteiger charge is -2.12. The fraction of sp³-hybridized carbons (Fsp3) is 0.263. The van der Waals surface area contributed by atoms with Crippen LogP contribution in [0.3, 0.4) is 0 Å². The second-order valence-electron chi connectivity index (χ2n) is 5.46. The summed E-state index contributed by atoms with van der Waals surface area (Å²) in [7, 11) is 1.62. The van der Waals surface area contributed by atoms with Gasteiger partial charge in [-0.15, -0.1) is 24.0 Å². The summed E-state index contributed by atoms with van der Waals surface area (Å²) in [6.45, 7) is 3.11. The number of carbonyl (C=O) groups excluding carboxylic acids is 1. The Morgan fingerprint density at radius 3 is 2.56 bits per heavy atom. The van der Waals surface area contributed by atoms with Crippen molar-refractivity contribution in [2.24, 2.45) is 4.99 Å². The number of amides is 1. The zero-order valence-corrected chi connectivity index (χ0v) is 17.6. The van der Waals surface area contributed by atoms with E-state index in [4.69, 9.17) is 4.74 Å². The Labute approximate surface area is 175 Å². The van der Waals surface area contributed by atoms with E-state index in [1.807, 2.05) is 31.2 Å². The van der Waals surface area contributed by atoms with Crippen LogP contribution in [0.4, 0.5) is 10.1 Å². The zero-order chi connectivity index (χ0) is 18.8. The van der Waals surface area contributed by atoms with Crippen molar-refractivity contribution >= 4 is 41.5 Å². The quantitative estimate of drug-likeness (QED) is 0.320. The third-order valence-electron chi connectivity index (χ3n) is 3.44. The second-order valence-corrected chi connectivity index (χ2v) is 5.46. The number of halogens is 2. The average Bonchev–Trinajstić information content (AvgIpc) is 2.66. The molecule has 0 heterocycles. The maximum Gasteiger partial charge on any atom is 0.243 e. The van der Waals surface area contributed by atoms with Gasteiger partial charge >= 0.3 is 0 Å². The molecule has 2 rings (SSSR count). The van der Waals surface area contributed by atoms with Crippen molar-refractivity contribution in [3.63, 3.8) is 0 Å². The monoisotopic (exact) mass is 486 g/mol. The van der Waals surface area contributed by atoms with Gasteiger partial charge in [0.05, 0.1) is 20.2 Å². The van der Waals surface area contributed by atoms with Gasteiger partial charge in [-0.25, -0.2) is 9.38 Å². The van der Waals surface area contributed by atoms with Gasteiger partial charge in [-0.3, -0.25) is 4.79 Å². The number of ether oxygens (including phenoxy) is 1. The Hall–Kier alpha value is -2.36. The Morgan fingerprint density at radius 1 is 1.15 bits per heavy atom. The molecule has 0 aliphatic rings. The molecular formula is C19H24FIN4O2. The molecule has 0 spiro atoms. The zero-order valence-electron chi connectivity index (χ0n) is 15.3. The highest BCUT2D eigenvalue weighted by Gasteiger charge is 2.05. The summed E-state index contributed by atoms with van der Waals surface area (Å²) < 4.78 is 18.1. The van der Waals surface area contributed by atoms with E-state index in [-0.39, 0.29) is 42.2 Å². The number of methoxy groups -OCH3 is 1. The van der Waals surface area contributed by atoms with Crippen LogP contribution in [0.25, 0.3) is 0 Å². The molecule has 6 nitrogen and oxygen atoms in total. The molecule has 0 saturated heterocycles. The van der Waals surface area contributed by atoms with Gasteiger partial charge in [-0.05, 0) is 48.9 Å². The molecule has 8 heteroatoms. The number of carbonyl (C=O) groups is 1. The third kappa shape index (κ3) is 8.25. The van der Waals surface area contributed by atoms with Crippen molar-refractivity contribution in [3.8, 4) is 5.75 Å². The summed E-state index contributed by atoms with van der Waals surface area (Å²) in [6.07, 6.45) is 0. The number of aliphatic imine (C=N–C) groups is 1. The van der Waals surface area contributed by atoms with E-state index in [0.717, 1.165) is 11.3 Å². The summed E-state index contributed by atoms with van der Waals surface area (Å²) in [4.78, 5) is 16.5. The lowest BCUT2D eigenvalue weighted by Crippen LogP contribution is -2.41. The van der Waals surface area contributed by atoms with Crippen LogP contribution in [0.5, 0.6) is 5.75 Å². The van der Waals surface area contributed by atoms with E-state index in [1.165, 1.54) is 24.3 Å². The molecule has 3 N–H and O–H groups in total. The topological polar surface area (TPSA) is 74.8 Å². The van der Waals surface area contributed by atoms with Crippen LogP contribution in [-0.4, -0.2) is 32.1 Å². The molecule has 0 aromatic heterocycles. The molecule has 27 heavy (non-hydrogen) atoms. The van der Waals surface area contributed by atoms with Crippen LogP contribution >= 0.6 is 24.0 Å². The van der Waals surface area contributed by atoms with Crippen molar-refractivity contribution in [2.45, 2.75) is 13.5 Å². The number of nitrogens with zero attached hydrogens (tertiary/aromatic N) is 1. The number of rotatable bonds is 7. The number of hydrogen-bond acceptors (Lipinski definition) is 3. The Balaban J connectivity index is 0.00000364. The summed E-state index contributed by atoms with van der Waals surface area (Å²) in [5.74, 6) is 0.711. The van der Waals surface area contributed by atoms with Gasteiger partial charge < -0.3 is 20.7 Å². The smallest absolute Gasteiger partial charge is 0.243 e. The van der Waals surface area contributed by atoms with E-state index < -0.39 is 0 Å². The van der Waals surface area contributed by atoms with Crippen LogP contribution in [0.2, 0.25) is 0 Å². The van der Waals surface area contributed by atoms with Crippen LogP contribution in [0.15, 0.2) is 53.5 Å². The Bertz CT molecular complexity index is 754. The molecule has 0 bridgehead atoms. The van der Waals surface area contributed by atoms with Gasteiger partial charge in [0.15, 0.2) is 5.96 Å². The normalized spacial score (nSPS) is 10.6.